The summed E-state index contributed by atoms with van der Waals surface area (Å²) in [5.41, 5.74) is 1.80. The van der Waals surface area contributed by atoms with Crippen LogP contribution in [0.5, 0.6) is 0 Å². The highest BCUT2D eigenvalue weighted by Gasteiger charge is 2.30. The summed E-state index contributed by atoms with van der Waals surface area (Å²) < 4.78 is 4.31. The molecule has 222 valence electrons. The smallest absolute Gasteiger partial charge is 0.282 e. The van der Waals surface area contributed by atoms with Crippen molar-refractivity contribution in [1.29, 1.82) is 0 Å². The van der Waals surface area contributed by atoms with Gasteiger partial charge in [0.15, 0.2) is 0 Å². The van der Waals surface area contributed by atoms with E-state index in [0.717, 1.165) is 27.9 Å². The molecule has 0 spiro atoms. The minimum Gasteiger partial charge on any atom is -0.282 e. The van der Waals surface area contributed by atoms with E-state index >= 15 is 0 Å². The van der Waals surface area contributed by atoms with Crippen molar-refractivity contribution in [3.8, 4) is 5.95 Å². The lowest BCUT2D eigenvalue weighted by Gasteiger charge is -2.19. The highest BCUT2D eigenvalue weighted by Crippen LogP contribution is 2.34. The largest absolute Gasteiger partial charge is 0.332 e. The van der Waals surface area contributed by atoms with Crippen LogP contribution in [0.3, 0.4) is 0 Å². The van der Waals surface area contributed by atoms with Crippen LogP contribution in [-0.4, -0.2) is 53.5 Å². The van der Waals surface area contributed by atoms with Gasteiger partial charge >= 0.3 is 5.69 Å². The van der Waals surface area contributed by atoms with E-state index < -0.39 is 17.2 Å². The highest BCUT2D eigenvalue weighted by atomic mass is 32.1. The second-order valence-electron chi connectivity index (χ2n) is 10.1. The molecule has 0 aliphatic rings. The van der Waals surface area contributed by atoms with Gasteiger partial charge in [-0.3, -0.25) is 23.6 Å². The number of amides is 1. The molecule has 0 bridgehead atoms. The number of hydrogen-bond donors (Lipinski definition) is 0. The van der Waals surface area contributed by atoms with Crippen molar-refractivity contribution in [2.24, 2.45) is 13.0 Å². The van der Waals surface area contributed by atoms with Crippen molar-refractivity contribution in [2.75, 3.05) is 13.7 Å². The molecule has 0 saturated carbocycles. The van der Waals surface area contributed by atoms with Crippen molar-refractivity contribution >= 4 is 27.5 Å². The van der Waals surface area contributed by atoms with E-state index in [1.165, 1.54) is 23.4 Å². The molecule has 4 aromatic heterocycles. The van der Waals surface area contributed by atoms with Gasteiger partial charge in [0.25, 0.3) is 17.4 Å². The van der Waals surface area contributed by atoms with Gasteiger partial charge in [-0.05, 0) is 39.7 Å². The number of hydroxylamine groups is 2. The van der Waals surface area contributed by atoms with Gasteiger partial charge in [0.1, 0.15) is 4.83 Å². The Kier molecular flexibility index (Phi) is 10.4. The predicted octanol–water partition coefficient (Wildman–Crippen LogP) is 4.60. The fourth-order valence-electron chi connectivity index (χ4n) is 4.40. The number of aryl methyl sites for hydroxylation is 1. The molecule has 4 heterocycles. The first-order valence-corrected chi connectivity index (χ1v) is 14.8. The zero-order valence-corrected chi connectivity index (χ0v) is 26.5. The van der Waals surface area contributed by atoms with Crippen LogP contribution in [0.1, 0.15) is 86.2 Å². The molecule has 1 atom stereocenters. The summed E-state index contributed by atoms with van der Waals surface area (Å²) in [6, 6.07) is 1.52. The van der Waals surface area contributed by atoms with Crippen molar-refractivity contribution in [3.63, 3.8) is 0 Å². The average Bonchev–Trinajstić information content (AvgIpc) is 3.48. The Morgan fingerprint density at radius 2 is 1.76 bits per heavy atom. The van der Waals surface area contributed by atoms with E-state index in [2.05, 4.69) is 22.0 Å². The maximum Gasteiger partial charge on any atom is 0.332 e. The van der Waals surface area contributed by atoms with E-state index in [4.69, 9.17) is 4.84 Å². The first-order chi connectivity index (χ1) is 19.5. The molecule has 4 rings (SSSR count). The summed E-state index contributed by atoms with van der Waals surface area (Å²) in [4.78, 5) is 56.0. The summed E-state index contributed by atoms with van der Waals surface area (Å²) in [5.74, 6) is 0.270. The van der Waals surface area contributed by atoms with Gasteiger partial charge in [-0.15, -0.1) is 11.3 Å². The van der Waals surface area contributed by atoms with E-state index in [0.29, 0.717) is 28.7 Å². The SMILES string of the molecule is CC.CCC(C)CON(C)C(=O)c1c(Cc2c(C)nn(-c3ncccn3)c2C)sc2c1c(=O)n(C)c(=O)n2C(C)C. The van der Waals surface area contributed by atoms with Crippen molar-refractivity contribution in [3.05, 3.63) is 66.7 Å². The first-order valence-electron chi connectivity index (χ1n) is 14.0. The third-order valence-electron chi connectivity index (χ3n) is 6.98. The minimum atomic E-state index is -0.505. The number of aromatic nitrogens is 6. The number of thiophene rings is 1. The summed E-state index contributed by atoms with van der Waals surface area (Å²) in [5, 5.41) is 6.07. The van der Waals surface area contributed by atoms with Gasteiger partial charge in [0.05, 0.1) is 23.3 Å². The first kappa shape index (κ1) is 31.9. The summed E-state index contributed by atoms with van der Waals surface area (Å²) in [7, 11) is 3.00. The zero-order valence-electron chi connectivity index (χ0n) is 25.7. The fraction of sp³-hybridized carbons (Fsp3) is 0.517. The second kappa shape index (κ2) is 13.3. The van der Waals surface area contributed by atoms with Gasteiger partial charge in [-0.25, -0.2) is 24.5 Å². The van der Waals surface area contributed by atoms with E-state index in [1.807, 2.05) is 48.5 Å². The molecule has 41 heavy (non-hydrogen) atoms. The van der Waals surface area contributed by atoms with Crippen LogP contribution < -0.4 is 11.2 Å². The van der Waals surface area contributed by atoms with E-state index in [1.54, 1.807) is 34.8 Å². The highest BCUT2D eigenvalue weighted by molar-refractivity contribution is 7.19. The van der Waals surface area contributed by atoms with E-state index in [9.17, 15) is 14.4 Å². The quantitative estimate of drug-likeness (QED) is 0.264. The zero-order chi connectivity index (χ0) is 30.6. The minimum absolute atomic E-state index is 0.220. The lowest BCUT2D eigenvalue weighted by molar-refractivity contribution is -0.116. The number of nitrogens with zero attached hydrogens (tertiary/aromatic N) is 7. The molecule has 0 radical (unpaired) electrons. The number of carbonyl (C=O) groups excluding carboxylic acids is 1. The van der Waals surface area contributed by atoms with Crippen LogP contribution in [0.4, 0.5) is 0 Å². The molecule has 12 heteroatoms. The number of rotatable bonds is 9. The molecule has 11 nitrogen and oxygen atoms in total. The number of hydrogen-bond acceptors (Lipinski definition) is 8. The maximum atomic E-state index is 13.9. The molecule has 1 amide bonds. The molecular formula is C29H41N7O4S. The third kappa shape index (κ3) is 6.18. The van der Waals surface area contributed by atoms with Crippen molar-refractivity contribution in [1.82, 2.24) is 33.9 Å². The molecular weight excluding hydrogens is 542 g/mol. The van der Waals surface area contributed by atoms with Gasteiger partial charge in [-0.1, -0.05) is 34.1 Å². The Labute approximate surface area is 244 Å². The second-order valence-corrected chi connectivity index (χ2v) is 11.2. The Bertz CT molecular complexity index is 1630. The number of fused-ring (bicyclic) bond motifs is 1. The van der Waals surface area contributed by atoms with E-state index in [-0.39, 0.29) is 22.9 Å². The topological polar surface area (TPSA) is 117 Å². The van der Waals surface area contributed by atoms with Crippen LogP contribution >= 0.6 is 11.3 Å². The number of carbonyl (C=O) groups is 1. The van der Waals surface area contributed by atoms with Gasteiger partial charge in [0, 0.05) is 55.1 Å². The average molecular weight is 584 g/mol. The standard InChI is InChI=1S/C27H35N7O4S.C2H6/c1-9-16(4)14-38-32(8)24(36)21-20(39-25-22(21)23(35)31(7)27(37)33(25)15(2)3)13-19-17(5)30-34(18(19)6)26-28-11-10-12-29-26;1-2/h10-12,15-16H,9,13-14H2,1-8H3;1-2H3. The molecule has 0 aliphatic heterocycles. The summed E-state index contributed by atoms with van der Waals surface area (Å²) >= 11 is 1.29. The molecule has 0 aliphatic carbocycles. The van der Waals surface area contributed by atoms with Crippen LogP contribution in [0, 0.1) is 19.8 Å². The monoisotopic (exact) mass is 583 g/mol. The Morgan fingerprint density at radius 1 is 1.12 bits per heavy atom. The molecule has 0 N–H and O–H groups in total. The fourth-order valence-corrected chi connectivity index (χ4v) is 5.82. The Morgan fingerprint density at radius 3 is 2.34 bits per heavy atom. The molecule has 0 fully saturated rings. The van der Waals surface area contributed by atoms with Crippen molar-refractivity contribution in [2.45, 2.75) is 74.3 Å². The summed E-state index contributed by atoms with van der Waals surface area (Å²) in [6.45, 7) is 16.0. The van der Waals surface area contributed by atoms with Gasteiger partial charge in [0.2, 0.25) is 0 Å². The molecule has 0 saturated heterocycles. The van der Waals surface area contributed by atoms with Gasteiger partial charge in [-0.2, -0.15) is 5.10 Å². The van der Waals surface area contributed by atoms with Crippen LogP contribution in [0.25, 0.3) is 16.2 Å². The van der Waals surface area contributed by atoms with Crippen molar-refractivity contribution < 1.29 is 9.63 Å². The summed E-state index contributed by atoms with van der Waals surface area (Å²) in [6.07, 6.45) is 4.54. The van der Waals surface area contributed by atoms with Gasteiger partial charge < -0.3 is 0 Å². The Hall–Kier alpha value is -3.64. The lowest BCUT2D eigenvalue weighted by atomic mass is 10.0. The van der Waals surface area contributed by atoms with Crippen LogP contribution in [0.2, 0.25) is 0 Å². The molecule has 1 unspecified atom stereocenters. The van der Waals surface area contributed by atoms with Crippen LogP contribution in [-0.2, 0) is 18.3 Å². The normalized spacial score (nSPS) is 12.0. The van der Waals surface area contributed by atoms with Crippen LogP contribution in [0.15, 0.2) is 28.0 Å². The molecule has 4 aromatic rings. The third-order valence-corrected chi connectivity index (χ3v) is 8.17. The molecule has 0 aromatic carbocycles. The Balaban J connectivity index is 0.00000226. The maximum absolute atomic E-state index is 13.9. The lowest BCUT2D eigenvalue weighted by Crippen LogP contribution is -2.39. The predicted molar refractivity (Wildman–Crippen MR) is 162 cm³/mol.